The molecule has 2 aromatic rings. The predicted octanol–water partition coefficient (Wildman–Crippen LogP) is 2.05. The Hall–Kier alpha value is -2.01. The lowest BCUT2D eigenvalue weighted by Crippen LogP contribution is -2.28. The molecule has 1 fully saturated rings. The zero-order valence-electron chi connectivity index (χ0n) is 12.6. The van der Waals surface area contributed by atoms with E-state index < -0.39 is 0 Å². The number of fused-ring (bicyclic) bond motifs is 1. The first-order valence-electron chi connectivity index (χ1n) is 7.30. The monoisotopic (exact) mass is 287 g/mol. The van der Waals surface area contributed by atoms with Gasteiger partial charge in [0.1, 0.15) is 0 Å². The smallest absolute Gasteiger partial charge is 0.162 e. The van der Waals surface area contributed by atoms with Crippen molar-refractivity contribution >= 4 is 16.6 Å². The van der Waals surface area contributed by atoms with Gasteiger partial charge in [-0.3, -0.25) is 4.98 Å². The minimum atomic E-state index is 0.715. The second kappa shape index (κ2) is 6.18. The van der Waals surface area contributed by atoms with E-state index in [0.717, 1.165) is 49.3 Å². The molecule has 3 rings (SSSR count). The Kier molecular flexibility index (Phi) is 4.10. The molecule has 112 valence electrons. The number of anilines is 1. The maximum absolute atomic E-state index is 5.43. The van der Waals surface area contributed by atoms with Gasteiger partial charge in [0.05, 0.1) is 19.7 Å². The van der Waals surface area contributed by atoms with Crippen molar-refractivity contribution in [3.63, 3.8) is 0 Å². The average Bonchev–Trinajstić information content (AvgIpc) is 2.82. The minimum absolute atomic E-state index is 0.715. The van der Waals surface area contributed by atoms with Gasteiger partial charge in [0.2, 0.25) is 0 Å². The van der Waals surface area contributed by atoms with Crippen LogP contribution in [0.1, 0.15) is 6.42 Å². The Balaban J connectivity index is 2.09. The van der Waals surface area contributed by atoms with Crippen molar-refractivity contribution in [3.8, 4) is 11.5 Å². The van der Waals surface area contributed by atoms with E-state index in [1.807, 2.05) is 18.3 Å². The summed E-state index contributed by atoms with van der Waals surface area (Å²) in [5.41, 5.74) is 2.15. The molecule has 0 spiro atoms. The summed E-state index contributed by atoms with van der Waals surface area (Å²) in [5.74, 6) is 1.46. The maximum Gasteiger partial charge on any atom is 0.162 e. The van der Waals surface area contributed by atoms with Gasteiger partial charge in [0, 0.05) is 43.0 Å². The van der Waals surface area contributed by atoms with Crippen LogP contribution >= 0.6 is 0 Å². The van der Waals surface area contributed by atoms with Gasteiger partial charge in [-0.25, -0.2) is 0 Å². The van der Waals surface area contributed by atoms with Crippen molar-refractivity contribution in [2.75, 3.05) is 45.3 Å². The maximum atomic E-state index is 5.43. The molecule has 0 unspecified atom stereocenters. The second-order valence-electron chi connectivity index (χ2n) is 5.15. The topological polar surface area (TPSA) is 46.6 Å². The third-order valence-electron chi connectivity index (χ3n) is 3.90. The molecular formula is C16H21N3O2. The summed E-state index contributed by atoms with van der Waals surface area (Å²) in [7, 11) is 3.31. The Morgan fingerprint density at radius 2 is 1.90 bits per heavy atom. The van der Waals surface area contributed by atoms with Gasteiger partial charge in [-0.15, -0.1) is 0 Å². The summed E-state index contributed by atoms with van der Waals surface area (Å²) in [6.07, 6.45) is 3.01. The minimum Gasteiger partial charge on any atom is -0.493 e. The second-order valence-corrected chi connectivity index (χ2v) is 5.15. The summed E-state index contributed by atoms with van der Waals surface area (Å²) < 4.78 is 10.8. The molecule has 0 amide bonds. The Labute approximate surface area is 124 Å². The number of aromatic nitrogens is 1. The van der Waals surface area contributed by atoms with Gasteiger partial charge < -0.3 is 19.7 Å². The van der Waals surface area contributed by atoms with Crippen LogP contribution in [-0.4, -0.2) is 45.4 Å². The van der Waals surface area contributed by atoms with Crippen LogP contribution in [0, 0.1) is 0 Å². The van der Waals surface area contributed by atoms with Gasteiger partial charge in [-0.05, 0) is 25.1 Å². The number of hydrogen-bond donors (Lipinski definition) is 1. The Bertz CT molecular complexity index is 622. The normalized spacial score (nSPS) is 15.8. The van der Waals surface area contributed by atoms with Gasteiger partial charge in [0.25, 0.3) is 0 Å². The van der Waals surface area contributed by atoms with Crippen LogP contribution < -0.4 is 19.7 Å². The summed E-state index contributed by atoms with van der Waals surface area (Å²) in [5, 5.41) is 4.54. The van der Waals surface area contributed by atoms with Crippen LogP contribution in [0.25, 0.3) is 10.9 Å². The molecule has 1 aliphatic rings. The first kappa shape index (κ1) is 13.9. The fraction of sp³-hybridized carbons (Fsp3) is 0.438. The summed E-state index contributed by atoms with van der Waals surface area (Å²) in [4.78, 5) is 6.88. The zero-order valence-corrected chi connectivity index (χ0v) is 12.6. The molecule has 0 aliphatic carbocycles. The number of pyridine rings is 1. The average molecular weight is 287 g/mol. The van der Waals surface area contributed by atoms with Crippen LogP contribution in [0.2, 0.25) is 0 Å². The molecule has 5 nitrogen and oxygen atoms in total. The molecule has 1 aromatic heterocycles. The van der Waals surface area contributed by atoms with E-state index in [2.05, 4.69) is 21.3 Å². The van der Waals surface area contributed by atoms with Crippen molar-refractivity contribution in [2.45, 2.75) is 6.42 Å². The third-order valence-corrected chi connectivity index (χ3v) is 3.90. The van der Waals surface area contributed by atoms with Crippen molar-refractivity contribution in [1.29, 1.82) is 0 Å². The molecule has 0 bridgehead atoms. The van der Waals surface area contributed by atoms with Gasteiger partial charge >= 0.3 is 0 Å². The fourth-order valence-corrected chi connectivity index (χ4v) is 2.82. The molecule has 5 heteroatoms. The molecule has 1 saturated heterocycles. The highest BCUT2D eigenvalue weighted by Crippen LogP contribution is 2.35. The lowest BCUT2D eigenvalue weighted by Gasteiger charge is -2.24. The SMILES string of the molecule is COc1cc2nccc(N3CCCNCC3)c2cc1OC. The van der Waals surface area contributed by atoms with Gasteiger partial charge in [-0.1, -0.05) is 0 Å². The molecule has 1 N–H and O–H groups in total. The highest BCUT2D eigenvalue weighted by molar-refractivity contribution is 5.94. The molecular weight excluding hydrogens is 266 g/mol. The van der Waals surface area contributed by atoms with Crippen LogP contribution in [0.5, 0.6) is 11.5 Å². The largest absolute Gasteiger partial charge is 0.493 e. The number of hydrogen-bond acceptors (Lipinski definition) is 5. The zero-order chi connectivity index (χ0) is 14.7. The van der Waals surface area contributed by atoms with E-state index in [9.17, 15) is 0 Å². The molecule has 2 heterocycles. The molecule has 0 saturated carbocycles. The van der Waals surface area contributed by atoms with Crippen molar-refractivity contribution in [2.24, 2.45) is 0 Å². The highest BCUT2D eigenvalue weighted by Gasteiger charge is 2.15. The van der Waals surface area contributed by atoms with E-state index in [4.69, 9.17) is 9.47 Å². The molecule has 1 aromatic carbocycles. The van der Waals surface area contributed by atoms with E-state index >= 15 is 0 Å². The first-order valence-corrected chi connectivity index (χ1v) is 7.30. The third kappa shape index (κ3) is 2.74. The quantitative estimate of drug-likeness (QED) is 0.936. The van der Waals surface area contributed by atoms with E-state index in [0.29, 0.717) is 5.75 Å². The summed E-state index contributed by atoms with van der Waals surface area (Å²) >= 11 is 0. The van der Waals surface area contributed by atoms with Crippen molar-refractivity contribution in [1.82, 2.24) is 10.3 Å². The van der Waals surface area contributed by atoms with Crippen LogP contribution in [0.15, 0.2) is 24.4 Å². The number of ether oxygens (including phenoxy) is 2. The lowest BCUT2D eigenvalue weighted by molar-refractivity contribution is 0.356. The van der Waals surface area contributed by atoms with Crippen LogP contribution in [0.4, 0.5) is 5.69 Å². The van der Waals surface area contributed by atoms with Crippen LogP contribution in [0.3, 0.4) is 0 Å². The fourth-order valence-electron chi connectivity index (χ4n) is 2.82. The van der Waals surface area contributed by atoms with E-state index in [1.54, 1.807) is 14.2 Å². The lowest BCUT2D eigenvalue weighted by atomic mass is 10.1. The van der Waals surface area contributed by atoms with E-state index in [-0.39, 0.29) is 0 Å². The molecule has 0 radical (unpaired) electrons. The number of benzene rings is 1. The van der Waals surface area contributed by atoms with Gasteiger partial charge in [0.15, 0.2) is 11.5 Å². The Morgan fingerprint density at radius 3 is 2.71 bits per heavy atom. The molecule has 21 heavy (non-hydrogen) atoms. The van der Waals surface area contributed by atoms with Crippen LogP contribution in [-0.2, 0) is 0 Å². The predicted molar refractivity (Wildman–Crippen MR) is 84.5 cm³/mol. The molecule has 0 atom stereocenters. The number of nitrogens with zero attached hydrogens (tertiary/aromatic N) is 2. The standard InChI is InChI=1S/C16H21N3O2/c1-20-15-10-12-13(11-16(15)21-2)18-6-4-14(12)19-8-3-5-17-7-9-19/h4,6,10-11,17H,3,5,7-9H2,1-2H3. The van der Waals surface area contributed by atoms with E-state index in [1.165, 1.54) is 5.69 Å². The van der Waals surface area contributed by atoms with Gasteiger partial charge in [-0.2, -0.15) is 0 Å². The number of nitrogens with one attached hydrogen (secondary N) is 1. The highest BCUT2D eigenvalue weighted by atomic mass is 16.5. The first-order chi connectivity index (χ1) is 10.3. The Morgan fingerprint density at radius 1 is 1.10 bits per heavy atom. The molecule has 1 aliphatic heterocycles. The number of rotatable bonds is 3. The van der Waals surface area contributed by atoms with Crippen molar-refractivity contribution in [3.05, 3.63) is 24.4 Å². The number of methoxy groups -OCH3 is 2. The summed E-state index contributed by atoms with van der Waals surface area (Å²) in [6, 6.07) is 6.04. The van der Waals surface area contributed by atoms with Crippen molar-refractivity contribution < 1.29 is 9.47 Å². The summed E-state index contributed by atoms with van der Waals surface area (Å²) in [6.45, 7) is 4.15.